The van der Waals surface area contributed by atoms with Gasteiger partial charge in [0.25, 0.3) is 0 Å². The van der Waals surface area contributed by atoms with Gasteiger partial charge in [-0.25, -0.2) is 0 Å². The molecule has 0 spiro atoms. The minimum Gasteiger partial charge on any atom is -0.489 e. The van der Waals surface area contributed by atoms with Gasteiger partial charge in [0.1, 0.15) is 24.9 Å². The Labute approximate surface area is 231 Å². The Morgan fingerprint density at radius 2 is 1.53 bits per heavy atom. The number of allylic oxidation sites excluding steroid dienone is 2. The third-order valence-electron chi connectivity index (χ3n) is 6.40. The molecule has 2 aliphatic rings. The number of carbonyl (C=O) groups excluding carboxylic acids is 2. The monoisotopic (exact) mass is 523 g/mol. The highest BCUT2D eigenvalue weighted by Gasteiger charge is 2.23. The molecule has 2 aromatic rings. The number of benzene rings is 2. The molecule has 0 amide bonds. The van der Waals surface area contributed by atoms with Crippen LogP contribution in [-0.4, -0.2) is 69.2 Å². The van der Waals surface area contributed by atoms with Crippen LogP contribution in [-0.2, 0) is 22.7 Å². The molecule has 0 aromatic heterocycles. The third-order valence-corrected chi connectivity index (χ3v) is 6.40. The molecule has 1 saturated heterocycles. The summed E-state index contributed by atoms with van der Waals surface area (Å²) in [7, 11) is 3.92. The van der Waals surface area contributed by atoms with E-state index >= 15 is 0 Å². The van der Waals surface area contributed by atoms with Crippen molar-refractivity contribution in [2.75, 3.05) is 46.8 Å². The van der Waals surface area contributed by atoms with Crippen molar-refractivity contribution in [2.45, 2.75) is 53.2 Å². The summed E-state index contributed by atoms with van der Waals surface area (Å²) >= 11 is 0. The molecule has 1 fully saturated rings. The number of carbonyl (C=O) groups is 2. The van der Waals surface area contributed by atoms with Gasteiger partial charge in [-0.3, -0.25) is 4.90 Å². The van der Waals surface area contributed by atoms with Gasteiger partial charge in [-0.2, -0.15) is 0 Å². The molecule has 0 radical (unpaired) electrons. The van der Waals surface area contributed by atoms with Crippen molar-refractivity contribution < 1.29 is 14.3 Å². The van der Waals surface area contributed by atoms with E-state index in [1.807, 2.05) is 38.1 Å². The largest absolute Gasteiger partial charge is 0.489 e. The van der Waals surface area contributed by atoms with Crippen molar-refractivity contribution >= 4 is 12.6 Å². The fourth-order valence-corrected chi connectivity index (χ4v) is 4.01. The lowest BCUT2D eigenvalue weighted by molar-refractivity contribution is -0.109. The molecule has 6 nitrogen and oxygen atoms in total. The Morgan fingerprint density at radius 3 is 2.08 bits per heavy atom. The molecular formula is C32H49N3O3. The smallest absolute Gasteiger partial charge is 0.133 e. The molecule has 4 rings (SSSR count). The van der Waals surface area contributed by atoms with Crippen LogP contribution in [0.3, 0.4) is 0 Å². The lowest BCUT2D eigenvalue weighted by atomic mass is 9.85. The highest BCUT2D eigenvalue weighted by atomic mass is 16.5. The lowest BCUT2D eigenvalue weighted by Gasteiger charge is -2.32. The van der Waals surface area contributed by atoms with E-state index in [4.69, 9.17) is 4.74 Å². The Bertz CT molecular complexity index is 901. The fourth-order valence-electron chi connectivity index (χ4n) is 4.01. The summed E-state index contributed by atoms with van der Waals surface area (Å²) in [4.78, 5) is 24.4. The highest BCUT2D eigenvalue weighted by molar-refractivity contribution is 5.51. The summed E-state index contributed by atoms with van der Waals surface area (Å²) in [6.45, 7) is 12.8. The average molecular weight is 524 g/mol. The van der Waals surface area contributed by atoms with E-state index in [2.05, 4.69) is 71.6 Å². The lowest BCUT2D eigenvalue weighted by Crippen LogP contribution is -2.43. The number of piperazine rings is 1. The van der Waals surface area contributed by atoms with Gasteiger partial charge >= 0.3 is 0 Å². The molecule has 1 aliphatic heterocycles. The second-order valence-corrected chi connectivity index (χ2v) is 9.79. The second kappa shape index (κ2) is 20.2. The van der Waals surface area contributed by atoms with E-state index in [0.29, 0.717) is 19.6 Å². The van der Waals surface area contributed by atoms with Crippen LogP contribution in [0.2, 0.25) is 0 Å². The highest BCUT2D eigenvalue weighted by Crippen LogP contribution is 2.34. The second-order valence-electron chi connectivity index (χ2n) is 9.79. The average Bonchev–Trinajstić information content (AvgIpc) is 3.38. The SMILES string of the molecule is CC.CC1(CC=O)CC=CC1.CN1CCN(Cc2cccc(OCc3ccccc3)c2)CC1.CNCC=O. The Hall–Kier alpha value is -2.80. The molecule has 0 atom stereocenters. The zero-order valence-corrected chi connectivity index (χ0v) is 24.2. The van der Waals surface area contributed by atoms with E-state index in [1.54, 1.807) is 7.05 Å². The third kappa shape index (κ3) is 14.2. The number of hydrogen-bond acceptors (Lipinski definition) is 6. The van der Waals surface area contributed by atoms with Crippen molar-refractivity contribution in [3.8, 4) is 5.75 Å². The van der Waals surface area contributed by atoms with Crippen molar-refractivity contribution in [3.63, 3.8) is 0 Å². The zero-order valence-electron chi connectivity index (χ0n) is 24.2. The number of rotatable bonds is 9. The van der Waals surface area contributed by atoms with Crippen LogP contribution in [0.5, 0.6) is 5.75 Å². The van der Waals surface area contributed by atoms with Gasteiger partial charge in [0, 0.05) is 39.1 Å². The van der Waals surface area contributed by atoms with Gasteiger partial charge < -0.3 is 24.5 Å². The molecular weight excluding hydrogens is 474 g/mol. The van der Waals surface area contributed by atoms with E-state index in [-0.39, 0.29) is 5.41 Å². The maximum Gasteiger partial charge on any atom is 0.133 e. The van der Waals surface area contributed by atoms with Crippen molar-refractivity contribution in [3.05, 3.63) is 77.9 Å². The first kappa shape index (κ1) is 33.2. The van der Waals surface area contributed by atoms with Gasteiger partial charge in [-0.1, -0.05) is 75.4 Å². The first-order valence-electron chi connectivity index (χ1n) is 13.8. The van der Waals surface area contributed by atoms with Gasteiger partial charge in [0.15, 0.2) is 0 Å². The molecule has 1 heterocycles. The van der Waals surface area contributed by atoms with E-state index in [1.165, 1.54) is 11.1 Å². The molecule has 1 N–H and O–H groups in total. The summed E-state index contributed by atoms with van der Waals surface area (Å²) in [6, 6.07) is 18.8. The first-order chi connectivity index (χ1) is 18.5. The summed E-state index contributed by atoms with van der Waals surface area (Å²) in [5.41, 5.74) is 2.80. The number of likely N-dealkylation sites (N-methyl/N-ethyl adjacent to an activating group) is 2. The van der Waals surface area contributed by atoms with Crippen molar-refractivity contribution in [1.82, 2.24) is 15.1 Å². The number of nitrogens with one attached hydrogen (secondary N) is 1. The van der Waals surface area contributed by atoms with Crippen LogP contribution in [0.25, 0.3) is 0 Å². The van der Waals surface area contributed by atoms with Crippen molar-refractivity contribution in [2.24, 2.45) is 5.41 Å². The molecule has 0 bridgehead atoms. The van der Waals surface area contributed by atoms with Crippen LogP contribution in [0.1, 0.15) is 51.2 Å². The first-order valence-corrected chi connectivity index (χ1v) is 13.8. The predicted octanol–water partition coefficient (Wildman–Crippen LogP) is 5.38. The summed E-state index contributed by atoms with van der Waals surface area (Å²) < 4.78 is 5.91. The Kier molecular flexibility index (Phi) is 17.7. The zero-order chi connectivity index (χ0) is 28.1. The summed E-state index contributed by atoms with van der Waals surface area (Å²) in [5, 5.41) is 2.65. The number of hydrogen-bond donors (Lipinski definition) is 1. The van der Waals surface area contributed by atoms with Crippen LogP contribution in [0, 0.1) is 5.41 Å². The van der Waals surface area contributed by atoms with Crippen LogP contribution >= 0.6 is 0 Å². The maximum atomic E-state index is 10.1. The molecule has 0 saturated carbocycles. The minimum absolute atomic E-state index is 0.266. The molecule has 0 unspecified atom stereocenters. The Balaban J connectivity index is 0.000000372. The van der Waals surface area contributed by atoms with Crippen LogP contribution in [0.4, 0.5) is 0 Å². The number of nitrogens with zero attached hydrogens (tertiary/aromatic N) is 2. The maximum absolute atomic E-state index is 10.1. The fraction of sp³-hybridized carbons (Fsp3) is 0.500. The van der Waals surface area contributed by atoms with E-state index in [9.17, 15) is 9.59 Å². The van der Waals surface area contributed by atoms with Gasteiger partial charge in [0.2, 0.25) is 0 Å². The van der Waals surface area contributed by atoms with E-state index < -0.39 is 0 Å². The molecule has 38 heavy (non-hydrogen) atoms. The van der Waals surface area contributed by atoms with E-state index in [0.717, 1.165) is 63.9 Å². The van der Waals surface area contributed by atoms with Gasteiger partial charge in [-0.05, 0) is 55.6 Å². The topological polar surface area (TPSA) is 61.9 Å². The number of ether oxygens (including phenoxy) is 1. The number of aldehydes is 2. The Morgan fingerprint density at radius 1 is 0.895 bits per heavy atom. The minimum atomic E-state index is 0.266. The van der Waals surface area contributed by atoms with Crippen molar-refractivity contribution in [1.29, 1.82) is 0 Å². The summed E-state index contributed by atoms with van der Waals surface area (Å²) in [6.07, 6.45) is 9.01. The van der Waals surface area contributed by atoms with Gasteiger partial charge in [-0.15, -0.1) is 0 Å². The molecule has 6 heteroatoms. The predicted molar refractivity (Wildman–Crippen MR) is 158 cm³/mol. The normalized spacial score (nSPS) is 16.0. The van der Waals surface area contributed by atoms with Gasteiger partial charge in [0.05, 0.1) is 6.54 Å². The molecule has 2 aromatic carbocycles. The molecule has 210 valence electrons. The van der Waals surface area contributed by atoms with Crippen LogP contribution in [0.15, 0.2) is 66.7 Å². The molecule has 1 aliphatic carbocycles. The quantitative estimate of drug-likeness (QED) is 0.352. The standard InChI is InChI=1S/C19H24N2O.C8H12O.C3H7NO.C2H6/c1-20-10-12-21(13-11-20)15-18-8-5-9-19(14-18)22-16-17-6-3-2-4-7-17;1-8(6-7-9)4-2-3-5-8;1-4-2-3-5;1-2/h2-9,14H,10-13,15-16H2,1H3;2-3,7H,4-6H2,1H3;3-4H,2H2,1H3;1-2H3. The van der Waals surface area contributed by atoms with Crippen LogP contribution < -0.4 is 10.1 Å². The summed E-state index contributed by atoms with van der Waals surface area (Å²) in [5.74, 6) is 0.954.